The molecule has 0 unspecified atom stereocenters. The van der Waals surface area contributed by atoms with Crippen LogP contribution in [0.3, 0.4) is 0 Å². The number of nitrogens with zero attached hydrogens (tertiary/aromatic N) is 3. The number of likely N-dealkylation sites (tertiary alicyclic amines) is 1. The fourth-order valence-electron chi connectivity index (χ4n) is 4.62. The van der Waals surface area contributed by atoms with Crippen molar-refractivity contribution in [1.82, 2.24) is 14.5 Å². The maximum atomic E-state index is 12.7. The molecule has 0 bridgehead atoms. The molecule has 1 atom stereocenters. The van der Waals surface area contributed by atoms with Gasteiger partial charge in [-0.05, 0) is 55.3 Å². The standard InChI is InChI=1S/C26H27N3O/c1-26(2,3)29-17-21(15-24(29)30)25-27-22-10-6-7-11-23(22)28(25)16-18-12-13-19-8-4-5-9-20(19)14-18/h4-14,21H,15-17H2,1-3H3/t21-/m1/s1. The highest BCUT2D eigenvalue weighted by Crippen LogP contribution is 2.34. The van der Waals surface area contributed by atoms with Crippen LogP contribution in [0.5, 0.6) is 0 Å². The SMILES string of the molecule is CC(C)(C)N1C[C@H](c2nc3ccccc3n2Cc2ccc3ccccc3c2)CC1=O. The van der Waals surface area contributed by atoms with E-state index in [1.54, 1.807) is 0 Å². The Kier molecular flexibility index (Phi) is 4.39. The van der Waals surface area contributed by atoms with E-state index in [2.05, 4.69) is 86.0 Å². The van der Waals surface area contributed by atoms with Crippen molar-refractivity contribution in [2.24, 2.45) is 0 Å². The van der Waals surface area contributed by atoms with Crippen LogP contribution in [0.25, 0.3) is 21.8 Å². The molecule has 4 nitrogen and oxygen atoms in total. The van der Waals surface area contributed by atoms with Gasteiger partial charge >= 0.3 is 0 Å². The molecule has 0 spiro atoms. The number of hydrogen-bond donors (Lipinski definition) is 0. The van der Waals surface area contributed by atoms with Crippen LogP contribution in [-0.4, -0.2) is 32.4 Å². The van der Waals surface area contributed by atoms with Gasteiger partial charge < -0.3 is 9.47 Å². The van der Waals surface area contributed by atoms with E-state index in [0.717, 1.165) is 29.9 Å². The Morgan fingerprint density at radius 3 is 2.47 bits per heavy atom. The van der Waals surface area contributed by atoms with Gasteiger partial charge in [-0.2, -0.15) is 0 Å². The molecule has 0 aliphatic carbocycles. The van der Waals surface area contributed by atoms with Gasteiger partial charge in [-0.25, -0.2) is 4.98 Å². The number of para-hydroxylation sites is 2. The monoisotopic (exact) mass is 397 g/mol. The molecular weight excluding hydrogens is 370 g/mol. The quantitative estimate of drug-likeness (QED) is 0.467. The van der Waals surface area contributed by atoms with E-state index in [4.69, 9.17) is 4.98 Å². The molecule has 152 valence electrons. The van der Waals surface area contributed by atoms with Gasteiger partial charge in [0.15, 0.2) is 0 Å². The molecule has 1 aliphatic rings. The summed E-state index contributed by atoms with van der Waals surface area (Å²) in [5, 5.41) is 2.50. The van der Waals surface area contributed by atoms with Crippen LogP contribution in [0, 0.1) is 0 Å². The number of carbonyl (C=O) groups is 1. The second-order valence-corrected chi connectivity index (χ2v) is 9.30. The fraction of sp³-hybridized carbons (Fsp3) is 0.308. The Hall–Kier alpha value is -3.14. The van der Waals surface area contributed by atoms with E-state index in [1.165, 1.54) is 16.3 Å². The van der Waals surface area contributed by atoms with Crippen LogP contribution in [0.4, 0.5) is 0 Å². The summed E-state index contributed by atoms with van der Waals surface area (Å²) < 4.78 is 2.31. The van der Waals surface area contributed by atoms with Gasteiger partial charge in [0.2, 0.25) is 5.91 Å². The van der Waals surface area contributed by atoms with Crippen molar-refractivity contribution in [2.75, 3.05) is 6.54 Å². The number of rotatable bonds is 3. The number of aromatic nitrogens is 2. The minimum Gasteiger partial charge on any atom is -0.337 e. The average molecular weight is 398 g/mol. The normalized spacial score (nSPS) is 17.4. The van der Waals surface area contributed by atoms with Gasteiger partial charge in [0.1, 0.15) is 5.82 Å². The number of fused-ring (bicyclic) bond motifs is 2. The molecule has 0 radical (unpaired) electrons. The average Bonchev–Trinajstić information content (AvgIpc) is 3.29. The minimum atomic E-state index is -0.166. The number of hydrogen-bond acceptors (Lipinski definition) is 2. The molecule has 4 heteroatoms. The molecule has 1 fully saturated rings. The zero-order valence-corrected chi connectivity index (χ0v) is 17.8. The second kappa shape index (κ2) is 6.98. The van der Waals surface area contributed by atoms with Gasteiger partial charge in [-0.1, -0.05) is 48.5 Å². The first-order valence-electron chi connectivity index (χ1n) is 10.6. The number of amides is 1. The van der Waals surface area contributed by atoms with E-state index in [0.29, 0.717) is 6.42 Å². The van der Waals surface area contributed by atoms with Gasteiger partial charge in [0, 0.05) is 31.0 Å². The summed E-state index contributed by atoms with van der Waals surface area (Å²) in [6, 6.07) is 23.4. The van der Waals surface area contributed by atoms with E-state index in [-0.39, 0.29) is 17.4 Å². The van der Waals surface area contributed by atoms with Crippen molar-refractivity contribution in [1.29, 1.82) is 0 Å². The van der Waals surface area contributed by atoms with Crippen molar-refractivity contribution in [2.45, 2.75) is 45.2 Å². The molecule has 1 aromatic heterocycles. The lowest BCUT2D eigenvalue weighted by Gasteiger charge is -2.32. The largest absolute Gasteiger partial charge is 0.337 e. The molecule has 30 heavy (non-hydrogen) atoms. The topological polar surface area (TPSA) is 38.1 Å². The van der Waals surface area contributed by atoms with Crippen molar-refractivity contribution in [3.8, 4) is 0 Å². The van der Waals surface area contributed by atoms with Crippen molar-refractivity contribution >= 4 is 27.7 Å². The molecular formula is C26H27N3O. The predicted octanol–water partition coefficient (Wildman–Crippen LogP) is 5.35. The first-order valence-corrected chi connectivity index (χ1v) is 10.6. The Morgan fingerprint density at radius 2 is 1.70 bits per heavy atom. The summed E-state index contributed by atoms with van der Waals surface area (Å²) >= 11 is 0. The van der Waals surface area contributed by atoms with E-state index in [9.17, 15) is 4.79 Å². The summed E-state index contributed by atoms with van der Waals surface area (Å²) in [5.41, 5.74) is 3.20. The lowest BCUT2D eigenvalue weighted by molar-refractivity contribution is -0.131. The molecule has 1 amide bonds. The van der Waals surface area contributed by atoms with Gasteiger partial charge in [0.25, 0.3) is 0 Å². The molecule has 3 aromatic carbocycles. The molecule has 0 N–H and O–H groups in total. The summed E-state index contributed by atoms with van der Waals surface area (Å²) in [6.07, 6.45) is 0.526. The lowest BCUT2D eigenvalue weighted by atomic mass is 10.1. The molecule has 0 saturated carbocycles. The lowest BCUT2D eigenvalue weighted by Crippen LogP contribution is -2.42. The van der Waals surface area contributed by atoms with Gasteiger partial charge in [-0.15, -0.1) is 0 Å². The highest BCUT2D eigenvalue weighted by molar-refractivity contribution is 5.83. The Balaban J connectivity index is 1.56. The summed E-state index contributed by atoms with van der Waals surface area (Å²) in [6.45, 7) is 7.78. The Bertz CT molecular complexity index is 1250. The van der Waals surface area contributed by atoms with Crippen LogP contribution in [-0.2, 0) is 11.3 Å². The third kappa shape index (κ3) is 3.26. The second-order valence-electron chi connectivity index (χ2n) is 9.30. The first kappa shape index (κ1) is 18.9. The van der Waals surface area contributed by atoms with Crippen LogP contribution in [0.1, 0.15) is 44.5 Å². The molecule has 4 aromatic rings. The Morgan fingerprint density at radius 1 is 0.967 bits per heavy atom. The van der Waals surface area contributed by atoms with Crippen LogP contribution in [0.15, 0.2) is 66.7 Å². The maximum absolute atomic E-state index is 12.7. The van der Waals surface area contributed by atoms with E-state index >= 15 is 0 Å². The van der Waals surface area contributed by atoms with Gasteiger partial charge in [0.05, 0.1) is 11.0 Å². The molecule has 1 saturated heterocycles. The number of benzene rings is 3. The fourth-order valence-corrected chi connectivity index (χ4v) is 4.62. The van der Waals surface area contributed by atoms with Crippen LogP contribution < -0.4 is 0 Å². The summed E-state index contributed by atoms with van der Waals surface area (Å²) in [5.74, 6) is 1.35. The third-order valence-corrected chi connectivity index (χ3v) is 6.14. The maximum Gasteiger partial charge on any atom is 0.223 e. The summed E-state index contributed by atoms with van der Waals surface area (Å²) in [4.78, 5) is 19.7. The summed E-state index contributed by atoms with van der Waals surface area (Å²) in [7, 11) is 0. The van der Waals surface area contributed by atoms with E-state index < -0.39 is 0 Å². The minimum absolute atomic E-state index is 0.115. The van der Waals surface area contributed by atoms with Crippen LogP contribution in [0.2, 0.25) is 0 Å². The molecule has 5 rings (SSSR count). The zero-order chi connectivity index (χ0) is 20.9. The van der Waals surface area contributed by atoms with Crippen LogP contribution >= 0.6 is 0 Å². The first-order chi connectivity index (χ1) is 14.4. The number of carbonyl (C=O) groups excluding carboxylic acids is 1. The predicted molar refractivity (Wildman–Crippen MR) is 122 cm³/mol. The molecule has 1 aliphatic heterocycles. The smallest absolute Gasteiger partial charge is 0.223 e. The third-order valence-electron chi connectivity index (χ3n) is 6.14. The Labute approximate surface area is 177 Å². The molecule has 2 heterocycles. The van der Waals surface area contributed by atoms with Crippen molar-refractivity contribution in [3.05, 3.63) is 78.1 Å². The van der Waals surface area contributed by atoms with Crippen molar-refractivity contribution in [3.63, 3.8) is 0 Å². The van der Waals surface area contributed by atoms with Gasteiger partial charge in [-0.3, -0.25) is 4.79 Å². The van der Waals surface area contributed by atoms with E-state index in [1.807, 2.05) is 11.0 Å². The zero-order valence-electron chi connectivity index (χ0n) is 17.8. The number of imidazole rings is 1. The van der Waals surface area contributed by atoms with Crippen molar-refractivity contribution < 1.29 is 4.79 Å². The highest BCUT2D eigenvalue weighted by atomic mass is 16.2. The highest BCUT2D eigenvalue weighted by Gasteiger charge is 2.39.